The van der Waals surface area contributed by atoms with Crippen LogP contribution in [0, 0.1) is 16.0 Å². The maximum Gasteiger partial charge on any atom is 0.308 e. The van der Waals surface area contributed by atoms with E-state index in [0.717, 1.165) is 0 Å². The molecule has 1 aromatic rings. The van der Waals surface area contributed by atoms with Crippen LogP contribution in [-0.2, 0) is 16.1 Å². The molecule has 1 fully saturated rings. The average Bonchev–Trinajstić information content (AvgIpc) is 2.42. The van der Waals surface area contributed by atoms with E-state index in [1.807, 2.05) is 0 Å². The number of carboxylic acid groups (broad SMARTS) is 1. The normalized spacial score (nSPS) is 18.6. The van der Waals surface area contributed by atoms with Gasteiger partial charge in [-0.1, -0.05) is 11.6 Å². The Balaban J connectivity index is 2.14. The van der Waals surface area contributed by atoms with Crippen molar-refractivity contribution in [3.63, 3.8) is 0 Å². The van der Waals surface area contributed by atoms with E-state index < -0.39 is 16.8 Å². The van der Waals surface area contributed by atoms with Gasteiger partial charge in [-0.05, 0) is 18.1 Å². The number of nitro benzene ring substituents is 1. The molecule has 1 amide bonds. The van der Waals surface area contributed by atoms with Crippen LogP contribution >= 0.6 is 11.6 Å². The van der Waals surface area contributed by atoms with Gasteiger partial charge >= 0.3 is 5.97 Å². The number of aliphatic carboxylic acids is 1. The van der Waals surface area contributed by atoms with Crippen molar-refractivity contribution in [2.75, 3.05) is 6.54 Å². The van der Waals surface area contributed by atoms with Crippen LogP contribution in [0.5, 0.6) is 0 Å². The molecule has 8 heteroatoms. The van der Waals surface area contributed by atoms with Crippen LogP contribution in [0.2, 0.25) is 5.02 Å². The van der Waals surface area contributed by atoms with Crippen LogP contribution in [0.4, 0.5) is 5.69 Å². The lowest BCUT2D eigenvalue weighted by Gasteiger charge is -2.30. The Labute approximate surface area is 125 Å². The van der Waals surface area contributed by atoms with Crippen LogP contribution in [0.3, 0.4) is 0 Å². The molecular weight excluding hydrogens is 300 g/mol. The highest BCUT2D eigenvalue weighted by molar-refractivity contribution is 6.31. The molecule has 112 valence electrons. The number of benzene rings is 1. The monoisotopic (exact) mass is 312 g/mol. The second-order valence-electron chi connectivity index (χ2n) is 4.88. The number of non-ortho nitro benzene ring substituents is 1. The van der Waals surface area contributed by atoms with Gasteiger partial charge in [0.2, 0.25) is 5.91 Å². The third-order valence-electron chi connectivity index (χ3n) is 3.46. The number of hydrogen-bond acceptors (Lipinski definition) is 4. The smallest absolute Gasteiger partial charge is 0.308 e. The molecule has 0 bridgehead atoms. The zero-order valence-electron chi connectivity index (χ0n) is 11.0. The van der Waals surface area contributed by atoms with Crippen molar-refractivity contribution in [1.82, 2.24) is 4.90 Å². The van der Waals surface area contributed by atoms with E-state index in [0.29, 0.717) is 12.0 Å². The lowest BCUT2D eigenvalue weighted by molar-refractivity contribution is -0.384. The van der Waals surface area contributed by atoms with E-state index in [1.54, 1.807) is 0 Å². The largest absolute Gasteiger partial charge is 0.481 e. The highest BCUT2D eigenvalue weighted by Crippen LogP contribution is 2.26. The first-order valence-electron chi connectivity index (χ1n) is 6.32. The summed E-state index contributed by atoms with van der Waals surface area (Å²) >= 11 is 5.98. The van der Waals surface area contributed by atoms with Gasteiger partial charge in [-0.25, -0.2) is 0 Å². The van der Waals surface area contributed by atoms with Gasteiger partial charge in [0, 0.05) is 31.6 Å². The summed E-state index contributed by atoms with van der Waals surface area (Å²) in [7, 11) is 0. The first kappa shape index (κ1) is 15.2. The lowest BCUT2D eigenvalue weighted by Crippen LogP contribution is -2.42. The second kappa shape index (κ2) is 6.09. The number of piperidine rings is 1. The van der Waals surface area contributed by atoms with Crippen LogP contribution < -0.4 is 0 Å². The molecular formula is C13H13ClN2O5. The molecule has 0 radical (unpaired) electrons. The van der Waals surface area contributed by atoms with E-state index >= 15 is 0 Å². The fourth-order valence-electron chi connectivity index (χ4n) is 2.25. The van der Waals surface area contributed by atoms with E-state index in [9.17, 15) is 19.7 Å². The average molecular weight is 313 g/mol. The summed E-state index contributed by atoms with van der Waals surface area (Å²) in [5.74, 6) is -1.65. The minimum atomic E-state index is -0.928. The maximum absolute atomic E-state index is 11.8. The van der Waals surface area contributed by atoms with E-state index in [4.69, 9.17) is 16.7 Å². The highest BCUT2D eigenvalue weighted by Gasteiger charge is 2.30. The van der Waals surface area contributed by atoms with Gasteiger partial charge in [-0.3, -0.25) is 19.7 Å². The molecule has 1 heterocycles. The molecule has 7 nitrogen and oxygen atoms in total. The van der Waals surface area contributed by atoms with Crippen molar-refractivity contribution in [2.45, 2.75) is 19.4 Å². The van der Waals surface area contributed by atoms with Crippen LogP contribution in [0.15, 0.2) is 18.2 Å². The standard InChI is InChI=1S/C13H13ClN2O5/c14-11-5-10(16(20)21)3-1-8(11)6-15-7-9(13(18)19)2-4-12(15)17/h1,3,5,9H,2,4,6-7H2,(H,18,19). The quantitative estimate of drug-likeness (QED) is 0.677. The van der Waals surface area contributed by atoms with E-state index in [-0.39, 0.29) is 36.1 Å². The topological polar surface area (TPSA) is 101 Å². The number of hydrogen-bond donors (Lipinski definition) is 1. The van der Waals surface area contributed by atoms with Gasteiger partial charge in [-0.15, -0.1) is 0 Å². The van der Waals surface area contributed by atoms with Crippen molar-refractivity contribution in [3.05, 3.63) is 38.9 Å². The Kier molecular flexibility index (Phi) is 4.42. The Morgan fingerprint density at radius 3 is 2.81 bits per heavy atom. The Hall–Kier alpha value is -2.15. The maximum atomic E-state index is 11.8. The Bertz CT molecular complexity index is 604. The molecule has 0 aliphatic carbocycles. The first-order valence-corrected chi connectivity index (χ1v) is 6.69. The van der Waals surface area contributed by atoms with Crippen LogP contribution in [0.1, 0.15) is 18.4 Å². The number of nitrogens with zero attached hydrogens (tertiary/aromatic N) is 2. The summed E-state index contributed by atoms with van der Waals surface area (Å²) < 4.78 is 0. The van der Waals surface area contributed by atoms with E-state index in [1.165, 1.54) is 23.1 Å². The third kappa shape index (κ3) is 3.49. The SMILES string of the molecule is O=C(O)C1CCC(=O)N(Cc2ccc([N+](=O)[O-])cc2Cl)C1. The van der Waals surface area contributed by atoms with Gasteiger partial charge in [0.25, 0.3) is 5.69 Å². The Morgan fingerprint density at radius 2 is 2.24 bits per heavy atom. The summed E-state index contributed by atoms with van der Waals surface area (Å²) in [6.07, 6.45) is 0.514. The molecule has 1 aliphatic rings. The molecule has 2 rings (SSSR count). The number of carboxylic acids is 1. The second-order valence-corrected chi connectivity index (χ2v) is 5.29. The van der Waals surface area contributed by atoms with Crippen molar-refractivity contribution >= 4 is 29.2 Å². The number of likely N-dealkylation sites (tertiary alicyclic amines) is 1. The molecule has 0 aromatic heterocycles. The molecule has 1 aliphatic heterocycles. The minimum Gasteiger partial charge on any atom is -0.481 e. The van der Waals surface area contributed by atoms with Crippen LogP contribution in [-0.4, -0.2) is 33.4 Å². The van der Waals surface area contributed by atoms with Gasteiger partial charge in [-0.2, -0.15) is 0 Å². The molecule has 1 atom stereocenters. The summed E-state index contributed by atoms with van der Waals surface area (Å²) in [6, 6.07) is 4.02. The Morgan fingerprint density at radius 1 is 1.52 bits per heavy atom. The number of rotatable bonds is 4. The molecule has 1 unspecified atom stereocenters. The molecule has 0 saturated carbocycles. The summed E-state index contributed by atoms with van der Waals surface area (Å²) in [5.41, 5.74) is 0.429. The van der Waals surface area contributed by atoms with Gasteiger partial charge in [0.05, 0.1) is 15.9 Å². The molecule has 21 heavy (non-hydrogen) atoms. The lowest BCUT2D eigenvalue weighted by atomic mass is 9.97. The zero-order valence-corrected chi connectivity index (χ0v) is 11.7. The number of carbonyl (C=O) groups is 2. The number of carbonyl (C=O) groups excluding carboxylic acids is 1. The molecule has 0 spiro atoms. The molecule has 1 N–H and O–H groups in total. The molecule has 1 saturated heterocycles. The van der Waals surface area contributed by atoms with Crippen molar-refractivity contribution in [1.29, 1.82) is 0 Å². The summed E-state index contributed by atoms with van der Waals surface area (Å²) in [5, 5.41) is 19.9. The van der Waals surface area contributed by atoms with E-state index in [2.05, 4.69) is 0 Å². The minimum absolute atomic E-state index is 0.126. The summed E-state index contributed by atoms with van der Waals surface area (Å²) in [6.45, 7) is 0.279. The zero-order chi connectivity index (χ0) is 15.6. The van der Waals surface area contributed by atoms with Crippen molar-refractivity contribution in [2.24, 2.45) is 5.92 Å². The van der Waals surface area contributed by atoms with Crippen molar-refractivity contribution in [3.8, 4) is 0 Å². The van der Waals surface area contributed by atoms with Gasteiger partial charge in [0.15, 0.2) is 0 Å². The number of amides is 1. The predicted octanol–water partition coefficient (Wildman–Crippen LogP) is 2.07. The highest BCUT2D eigenvalue weighted by atomic mass is 35.5. The van der Waals surface area contributed by atoms with Gasteiger partial charge < -0.3 is 10.0 Å². The summed E-state index contributed by atoms with van der Waals surface area (Å²) in [4.78, 5) is 34.4. The van der Waals surface area contributed by atoms with Crippen LogP contribution in [0.25, 0.3) is 0 Å². The fourth-order valence-corrected chi connectivity index (χ4v) is 2.49. The first-order chi connectivity index (χ1) is 9.88. The van der Waals surface area contributed by atoms with Crippen molar-refractivity contribution < 1.29 is 19.6 Å². The fraction of sp³-hybridized carbons (Fsp3) is 0.385. The molecule has 1 aromatic carbocycles. The van der Waals surface area contributed by atoms with Gasteiger partial charge in [0.1, 0.15) is 0 Å². The number of halogens is 1. The predicted molar refractivity (Wildman–Crippen MR) is 73.9 cm³/mol. The third-order valence-corrected chi connectivity index (χ3v) is 3.81. The number of nitro groups is 1.